The maximum atomic E-state index is 5.52. The van der Waals surface area contributed by atoms with E-state index in [1.807, 2.05) is 17.4 Å². The molecule has 0 aliphatic heterocycles. The van der Waals surface area contributed by atoms with Crippen molar-refractivity contribution in [2.24, 2.45) is 0 Å². The second kappa shape index (κ2) is 4.91. The SMILES string of the molecule is C#Cc1ccc2sc(CC)c(-c3ccccc3)c2c1. The lowest BCUT2D eigenvalue weighted by Crippen LogP contribution is -1.82. The highest BCUT2D eigenvalue weighted by Gasteiger charge is 2.12. The predicted octanol–water partition coefficient (Wildman–Crippen LogP) is 5.11. The van der Waals surface area contributed by atoms with Crippen molar-refractivity contribution in [3.63, 3.8) is 0 Å². The molecule has 0 bridgehead atoms. The summed E-state index contributed by atoms with van der Waals surface area (Å²) >= 11 is 1.87. The van der Waals surface area contributed by atoms with Crippen LogP contribution in [0.2, 0.25) is 0 Å². The molecule has 0 nitrogen and oxygen atoms in total. The highest BCUT2D eigenvalue weighted by Crippen LogP contribution is 2.39. The average Bonchev–Trinajstić information content (AvgIpc) is 2.85. The van der Waals surface area contributed by atoms with Crippen LogP contribution in [0.3, 0.4) is 0 Å². The lowest BCUT2D eigenvalue weighted by atomic mass is 10.00. The molecule has 0 fully saturated rings. The van der Waals surface area contributed by atoms with E-state index in [4.69, 9.17) is 6.42 Å². The van der Waals surface area contributed by atoms with Gasteiger partial charge >= 0.3 is 0 Å². The van der Waals surface area contributed by atoms with E-state index < -0.39 is 0 Å². The minimum Gasteiger partial charge on any atom is -0.140 e. The van der Waals surface area contributed by atoms with Gasteiger partial charge in [0.05, 0.1) is 0 Å². The van der Waals surface area contributed by atoms with Gasteiger partial charge in [-0.05, 0) is 30.2 Å². The number of aryl methyl sites for hydroxylation is 1. The summed E-state index contributed by atoms with van der Waals surface area (Å²) in [6.07, 6.45) is 6.57. The summed E-state index contributed by atoms with van der Waals surface area (Å²) in [5.74, 6) is 2.73. The Labute approximate surface area is 117 Å². The van der Waals surface area contributed by atoms with E-state index in [1.165, 1.54) is 26.1 Å². The lowest BCUT2D eigenvalue weighted by Gasteiger charge is -2.03. The molecule has 0 saturated carbocycles. The van der Waals surface area contributed by atoms with E-state index in [-0.39, 0.29) is 0 Å². The summed E-state index contributed by atoms with van der Waals surface area (Å²) in [5.41, 5.74) is 3.57. The van der Waals surface area contributed by atoms with Gasteiger partial charge in [0.25, 0.3) is 0 Å². The molecule has 2 aromatic carbocycles. The van der Waals surface area contributed by atoms with E-state index in [1.54, 1.807) is 0 Å². The van der Waals surface area contributed by atoms with E-state index in [2.05, 4.69) is 55.3 Å². The second-order valence-corrected chi connectivity index (χ2v) is 5.61. The summed E-state index contributed by atoms with van der Waals surface area (Å²) < 4.78 is 1.31. The van der Waals surface area contributed by atoms with Crippen molar-refractivity contribution in [2.75, 3.05) is 0 Å². The Morgan fingerprint density at radius 3 is 2.58 bits per heavy atom. The van der Waals surface area contributed by atoms with Crippen LogP contribution in [0, 0.1) is 12.3 Å². The largest absolute Gasteiger partial charge is 0.140 e. The number of hydrogen-bond acceptors (Lipinski definition) is 1. The Kier molecular flexibility index (Phi) is 3.11. The first-order chi connectivity index (χ1) is 9.33. The zero-order chi connectivity index (χ0) is 13.2. The highest BCUT2D eigenvalue weighted by atomic mass is 32.1. The van der Waals surface area contributed by atoms with Gasteiger partial charge in [-0.2, -0.15) is 0 Å². The molecule has 1 aromatic heterocycles. The minimum absolute atomic E-state index is 0.949. The third kappa shape index (κ3) is 2.05. The fourth-order valence-corrected chi connectivity index (χ4v) is 3.56. The molecule has 0 N–H and O–H groups in total. The molecule has 92 valence electrons. The maximum Gasteiger partial charge on any atom is 0.0353 e. The van der Waals surface area contributed by atoms with Gasteiger partial charge in [-0.15, -0.1) is 17.8 Å². The Hall–Kier alpha value is -2.04. The number of hydrogen-bond donors (Lipinski definition) is 0. The Morgan fingerprint density at radius 2 is 1.89 bits per heavy atom. The molecule has 0 aliphatic carbocycles. The summed E-state index contributed by atoms with van der Waals surface area (Å²) in [7, 11) is 0. The van der Waals surface area contributed by atoms with Crippen LogP contribution in [0.25, 0.3) is 21.2 Å². The van der Waals surface area contributed by atoms with E-state index in [0.717, 1.165) is 12.0 Å². The highest BCUT2D eigenvalue weighted by molar-refractivity contribution is 7.19. The van der Waals surface area contributed by atoms with Crippen LogP contribution in [-0.4, -0.2) is 0 Å². The molecule has 19 heavy (non-hydrogen) atoms. The number of thiophene rings is 1. The Morgan fingerprint density at radius 1 is 1.11 bits per heavy atom. The molecule has 0 aliphatic rings. The Balaban J connectivity index is 2.35. The van der Waals surface area contributed by atoms with Gasteiger partial charge < -0.3 is 0 Å². The quantitative estimate of drug-likeness (QED) is 0.563. The van der Waals surface area contributed by atoms with Crippen molar-refractivity contribution in [1.82, 2.24) is 0 Å². The standard InChI is InChI=1S/C18H14S/c1-3-13-10-11-17-15(12-13)18(16(4-2)19-17)14-8-6-5-7-9-14/h1,5-12H,4H2,2H3. The normalized spacial score (nSPS) is 10.5. The molecule has 1 heterocycles. The van der Waals surface area contributed by atoms with Crippen molar-refractivity contribution in [3.8, 4) is 23.5 Å². The molecule has 3 aromatic rings. The van der Waals surface area contributed by atoms with Gasteiger partial charge in [0.2, 0.25) is 0 Å². The number of benzene rings is 2. The zero-order valence-electron chi connectivity index (χ0n) is 10.8. The van der Waals surface area contributed by atoms with Crippen LogP contribution in [0.5, 0.6) is 0 Å². The molecule has 0 radical (unpaired) electrons. The topological polar surface area (TPSA) is 0 Å². The molecular weight excluding hydrogens is 248 g/mol. The first kappa shape index (κ1) is 12.0. The van der Waals surface area contributed by atoms with Crippen LogP contribution < -0.4 is 0 Å². The number of terminal acetylenes is 1. The third-order valence-corrected chi connectivity index (χ3v) is 4.63. The van der Waals surface area contributed by atoms with Crippen LogP contribution in [0.4, 0.5) is 0 Å². The van der Waals surface area contributed by atoms with Crippen LogP contribution in [0.1, 0.15) is 17.4 Å². The Bertz CT molecular complexity index is 757. The molecule has 1 heteroatoms. The van der Waals surface area contributed by atoms with Gasteiger partial charge in [0.15, 0.2) is 0 Å². The summed E-state index contributed by atoms with van der Waals surface area (Å²) in [6, 6.07) is 16.9. The van der Waals surface area contributed by atoms with E-state index in [0.29, 0.717) is 0 Å². The van der Waals surface area contributed by atoms with Crippen molar-refractivity contribution < 1.29 is 0 Å². The van der Waals surface area contributed by atoms with Crippen molar-refractivity contribution in [3.05, 3.63) is 59.0 Å². The zero-order valence-corrected chi connectivity index (χ0v) is 11.6. The van der Waals surface area contributed by atoms with E-state index >= 15 is 0 Å². The van der Waals surface area contributed by atoms with Gasteiger partial charge in [0.1, 0.15) is 0 Å². The van der Waals surface area contributed by atoms with E-state index in [9.17, 15) is 0 Å². The number of fused-ring (bicyclic) bond motifs is 1. The van der Waals surface area contributed by atoms with Gasteiger partial charge in [-0.1, -0.05) is 43.2 Å². The number of rotatable bonds is 2. The first-order valence-electron chi connectivity index (χ1n) is 6.41. The second-order valence-electron chi connectivity index (χ2n) is 4.48. The van der Waals surface area contributed by atoms with Crippen molar-refractivity contribution >= 4 is 21.4 Å². The summed E-state index contributed by atoms with van der Waals surface area (Å²) in [5, 5.41) is 1.28. The summed E-state index contributed by atoms with van der Waals surface area (Å²) in [6.45, 7) is 2.21. The van der Waals surface area contributed by atoms with Gasteiger partial charge in [-0.25, -0.2) is 0 Å². The van der Waals surface area contributed by atoms with Crippen molar-refractivity contribution in [2.45, 2.75) is 13.3 Å². The molecule has 0 saturated heterocycles. The van der Waals surface area contributed by atoms with Gasteiger partial charge in [-0.3, -0.25) is 0 Å². The average molecular weight is 262 g/mol. The monoisotopic (exact) mass is 262 g/mol. The lowest BCUT2D eigenvalue weighted by molar-refractivity contribution is 1.19. The molecule has 0 unspecified atom stereocenters. The molecule has 0 spiro atoms. The molecule has 0 amide bonds. The smallest absolute Gasteiger partial charge is 0.0353 e. The van der Waals surface area contributed by atoms with Crippen LogP contribution in [-0.2, 0) is 6.42 Å². The predicted molar refractivity (Wildman–Crippen MR) is 84.6 cm³/mol. The molecular formula is C18H14S. The maximum absolute atomic E-state index is 5.52. The van der Waals surface area contributed by atoms with Crippen molar-refractivity contribution in [1.29, 1.82) is 0 Å². The van der Waals surface area contributed by atoms with Crippen LogP contribution in [0.15, 0.2) is 48.5 Å². The van der Waals surface area contributed by atoms with Crippen LogP contribution >= 0.6 is 11.3 Å². The minimum atomic E-state index is 0.949. The molecule has 0 atom stereocenters. The molecule has 3 rings (SSSR count). The summed E-state index contributed by atoms with van der Waals surface area (Å²) in [4.78, 5) is 1.43. The first-order valence-corrected chi connectivity index (χ1v) is 7.22. The fraction of sp³-hybridized carbons (Fsp3) is 0.111. The van der Waals surface area contributed by atoms with Gasteiger partial charge in [0, 0.05) is 26.1 Å². The fourth-order valence-electron chi connectivity index (χ4n) is 2.41. The third-order valence-electron chi connectivity index (χ3n) is 3.31.